The highest BCUT2D eigenvalue weighted by molar-refractivity contribution is 6.36. The Labute approximate surface area is 247 Å². The van der Waals surface area contributed by atoms with E-state index in [4.69, 9.17) is 38.9 Å². The van der Waals surface area contributed by atoms with Crippen molar-refractivity contribution >= 4 is 63.5 Å². The fourth-order valence-electron chi connectivity index (χ4n) is 5.94. The predicted octanol–water partition coefficient (Wildman–Crippen LogP) is 6.31. The second-order valence-corrected chi connectivity index (χ2v) is 11.6. The van der Waals surface area contributed by atoms with Crippen LogP contribution in [-0.2, 0) is 4.79 Å². The minimum absolute atomic E-state index is 0.0294. The van der Waals surface area contributed by atoms with Gasteiger partial charge in [0.25, 0.3) is 0 Å². The summed E-state index contributed by atoms with van der Waals surface area (Å²) in [6, 6.07) is 13.2. The van der Waals surface area contributed by atoms with Gasteiger partial charge in [-0.3, -0.25) is 9.36 Å². The van der Waals surface area contributed by atoms with Crippen LogP contribution in [0, 0.1) is 11.7 Å². The summed E-state index contributed by atoms with van der Waals surface area (Å²) in [6.45, 7) is 1.84. The number of hydrogen-bond acceptors (Lipinski definition) is 7. The zero-order chi connectivity index (χ0) is 28.5. The summed E-state index contributed by atoms with van der Waals surface area (Å²) in [5, 5.41) is 6.95. The number of anilines is 4. The lowest BCUT2D eigenvalue weighted by Crippen LogP contribution is -2.42. The Bertz CT molecular complexity index is 1530. The smallest absolute Gasteiger partial charge is 0.225 e. The predicted molar refractivity (Wildman–Crippen MR) is 161 cm³/mol. The summed E-state index contributed by atoms with van der Waals surface area (Å²) < 4.78 is 16.9. The Balaban J connectivity index is 1.31. The number of hydrogen-bond donors (Lipinski definition) is 3. The first-order chi connectivity index (χ1) is 19.9. The van der Waals surface area contributed by atoms with Crippen molar-refractivity contribution in [1.29, 1.82) is 0 Å². The lowest BCUT2D eigenvalue weighted by molar-refractivity contribution is -0.122. The van der Waals surface area contributed by atoms with Crippen molar-refractivity contribution in [3.8, 4) is 0 Å². The molecule has 0 spiro atoms. The van der Waals surface area contributed by atoms with Gasteiger partial charge >= 0.3 is 0 Å². The largest absolute Gasteiger partial charge is 0.369 e. The third-order valence-corrected chi connectivity index (χ3v) is 8.53. The Kier molecular flexibility index (Phi) is 7.86. The summed E-state index contributed by atoms with van der Waals surface area (Å²) in [5.74, 6) is -0.131. The third kappa shape index (κ3) is 5.90. The van der Waals surface area contributed by atoms with Gasteiger partial charge in [0.1, 0.15) is 11.3 Å². The van der Waals surface area contributed by atoms with Crippen LogP contribution in [0.5, 0.6) is 0 Å². The van der Waals surface area contributed by atoms with Crippen molar-refractivity contribution in [1.82, 2.24) is 19.5 Å². The summed E-state index contributed by atoms with van der Waals surface area (Å²) in [5.41, 5.74) is 8.04. The number of amides is 1. The van der Waals surface area contributed by atoms with Crippen LogP contribution < -0.4 is 21.3 Å². The summed E-state index contributed by atoms with van der Waals surface area (Å²) >= 11 is 12.3. The number of primary amides is 1. The Hall–Kier alpha value is -3.63. The number of carbonyl (C=O) groups excluding carboxylic acids is 1. The monoisotopic (exact) mass is 596 g/mol. The number of benzene rings is 2. The summed E-state index contributed by atoms with van der Waals surface area (Å²) in [7, 11) is 0. The van der Waals surface area contributed by atoms with Gasteiger partial charge in [0, 0.05) is 41.8 Å². The molecule has 4 N–H and O–H groups in total. The fraction of sp³-hybridized carbons (Fsp3) is 0.379. The molecule has 0 bridgehead atoms. The molecule has 1 aliphatic carbocycles. The van der Waals surface area contributed by atoms with Crippen LogP contribution in [0.25, 0.3) is 11.2 Å². The average Bonchev–Trinajstić information content (AvgIpc) is 3.33. The van der Waals surface area contributed by atoms with Gasteiger partial charge in [-0.05, 0) is 62.8 Å². The van der Waals surface area contributed by atoms with Gasteiger partial charge in [-0.15, -0.1) is 0 Å². The molecule has 0 unspecified atom stereocenters. The molecule has 214 valence electrons. The first kappa shape index (κ1) is 27.5. The highest BCUT2D eigenvalue weighted by atomic mass is 35.5. The van der Waals surface area contributed by atoms with E-state index in [0.717, 1.165) is 25.9 Å². The van der Waals surface area contributed by atoms with E-state index in [0.29, 0.717) is 48.7 Å². The molecule has 1 saturated heterocycles. The molecule has 1 atom stereocenters. The summed E-state index contributed by atoms with van der Waals surface area (Å²) in [6.07, 6.45) is 6.45. The number of aromatic nitrogens is 4. The maximum Gasteiger partial charge on any atom is 0.225 e. The van der Waals surface area contributed by atoms with Crippen LogP contribution in [0.4, 0.5) is 27.7 Å². The van der Waals surface area contributed by atoms with Crippen LogP contribution in [0.3, 0.4) is 0 Å². The van der Waals surface area contributed by atoms with Crippen molar-refractivity contribution in [2.24, 2.45) is 11.7 Å². The molecule has 2 aromatic heterocycles. The molecule has 0 radical (unpaired) electrons. The van der Waals surface area contributed by atoms with Crippen LogP contribution in [0.1, 0.15) is 44.6 Å². The van der Waals surface area contributed by atoms with Crippen LogP contribution in [0.2, 0.25) is 10.0 Å². The van der Waals surface area contributed by atoms with E-state index in [1.807, 2.05) is 10.6 Å². The molecule has 3 heterocycles. The highest BCUT2D eigenvalue weighted by Gasteiger charge is 2.30. The number of para-hydroxylation sites is 1. The van der Waals surface area contributed by atoms with Crippen LogP contribution in [0.15, 0.2) is 48.7 Å². The SMILES string of the molecule is NC(=O)C1CCC(n2c(Nc3c(F)cc(Cl)cc3Cl)nc3cnc(N[C@@H]4CCCN(c5ccccc5)C4)nc32)CC1. The van der Waals surface area contributed by atoms with E-state index in [-0.39, 0.29) is 39.6 Å². The maximum atomic E-state index is 14.9. The fourth-order valence-corrected chi connectivity index (χ4v) is 6.45. The molecule has 41 heavy (non-hydrogen) atoms. The maximum absolute atomic E-state index is 14.9. The molecule has 2 fully saturated rings. The normalized spacial score (nSPS) is 21.1. The first-order valence-electron chi connectivity index (χ1n) is 13.9. The Morgan fingerprint density at radius 3 is 2.56 bits per heavy atom. The van der Waals surface area contributed by atoms with Crippen LogP contribution >= 0.6 is 23.2 Å². The number of fused-ring (bicyclic) bond motifs is 1. The van der Waals surface area contributed by atoms with Gasteiger partial charge < -0.3 is 21.3 Å². The zero-order valence-corrected chi connectivity index (χ0v) is 23.9. The number of imidazole rings is 1. The average molecular weight is 598 g/mol. The van der Waals surface area contributed by atoms with Crippen LogP contribution in [-0.4, -0.2) is 44.6 Å². The lowest BCUT2D eigenvalue weighted by atomic mass is 9.85. The number of rotatable bonds is 7. The molecule has 12 heteroatoms. The van der Waals surface area contributed by atoms with E-state index < -0.39 is 5.82 Å². The van der Waals surface area contributed by atoms with Gasteiger partial charge in [-0.2, -0.15) is 4.98 Å². The van der Waals surface area contributed by atoms with E-state index in [1.54, 1.807) is 6.20 Å². The van der Waals surface area contributed by atoms with E-state index in [2.05, 4.69) is 44.8 Å². The third-order valence-electron chi connectivity index (χ3n) is 8.02. The van der Waals surface area contributed by atoms with Gasteiger partial charge in [-0.1, -0.05) is 41.4 Å². The standard InChI is InChI=1S/C29H31Cl2FN8O/c30-18-13-22(31)25(23(32)14-18)37-29-36-24-15-34-28(35-19-5-4-12-39(16-19)20-6-2-1-3-7-20)38-27(24)40(29)21-10-8-17(9-11-21)26(33)41/h1-3,6-7,13-15,17,19,21H,4-5,8-12,16H2,(H2,33,41)(H,36,37)(H,34,35,38)/t17?,19-,21?/m1/s1. The van der Waals surface area contributed by atoms with Gasteiger partial charge in [-0.25, -0.2) is 14.4 Å². The molecule has 9 nitrogen and oxygen atoms in total. The minimum Gasteiger partial charge on any atom is -0.369 e. The highest BCUT2D eigenvalue weighted by Crippen LogP contribution is 2.38. The van der Waals surface area contributed by atoms with Crippen molar-refractivity contribution in [3.05, 3.63) is 64.5 Å². The van der Waals surface area contributed by atoms with E-state index in [9.17, 15) is 9.18 Å². The Morgan fingerprint density at radius 1 is 1.05 bits per heavy atom. The summed E-state index contributed by atoms with van der Waals surface area (Å²) in [4.78, 5) is 28.4. The molecule has 4 aromatic rings. The van der Waals surface area contributed by atoms with Gasteiger partial charge in [0.15, 0.2) is 5.65 Å². The molecule has 1 saturated carbocycles. The van der Waals surface area contributed by atoms with E-state index >= 15 is 0 Å². The second-order valence-electron chi connectivity index (χ2n) is 10.8. The van der Waals surface area contributed by atoms with Gasteiger partial charge in [0.05, 0.1) is 16.9 Å². The van der Waals surface area contributed by atoms with Crippen molar-refractivity contribution < 1.29 is 9.18 Å². The molecular weight excluding hydrogens is 566 g/mol. The second kappa shape index (κ2) is 11.7. The Morgan fingerprint density at radius 2 is 1.83 bits per heavy atom. The lowest BCUT2D eigenvalue weighted by Gasteiger charge is -2.34. The van der Waals surface area contributed by atoms with Gasteiger partial charge in [0.2, 0.25) is 17.8 Å². The number of nitrogens with one attached hydrogen (secondary N) is 2. The molecule has 1 aliphatic heterocycles. The molecular formula is C29H31Cl2FN8O. The topological polar surface area (TPSA) is 114 Å². The number of piperidine rings is 1. The zero-order valence-electron chi connectivity index (χ0n) is 22.4. The number of halogens is 3. The molecule has 2 aromatic carbocycles. The first-order valence-corrected chi connectivity index (χ1v) is 14.6. The number of nitrogens with zero attached hydrogens (tertiary/aromatic N) is 5. The number of carbonyl (C=O) groups is 1. The number of nitrogens with two attached hydrogens (primary N) is 1. The molecule has 2 aliphatic rings. The minimum atomic E-state index is -0.591. The van der Waals surface area contributed by atoms with Crippen molar-refractivity contribution in [2.75, 3.05) is 28.6 Å². The molecule has 1 amide bonds. The van der Waals surface area contributed by atoms with E-state index in [1.165, 1.54) is 17.8 Å². The van der Waals surface area contributed by atoms with Crippen molar-refractivity contribution in [2.45, 2.75) is 50.6 Å². The quantitative estimate of drug-likeness (QED) is 0.229. The van der Waals surface area contributed by atoms with Crippen molar-refractivity contribution in [3.63, 3.8) is 0 Å². The molecule has 6 rings (SSSR count).